The van der Waals surface area contributed by atoms with Crippen molar-refractivity contribution in [3.63, 3.8) is 0 Å². The number of carbonyl (C=O) groups is 1. The molecule has 0 saturated heterocycles. The molecule has 206 valence electrons. The largest absolute Gasteiger partial charge is 0.506 e. The number of aromatic hydroxyl groups is 1. The number of carboxylic acids is 1. The van der Waals surface area contributed by atoms with Crippen LogP contribution in [0.3, 0.4) is 0 Å². The first kappa shape index (κ1) is 26.4. The van der Waals surface area contributed by atoms with Gasteiger partial charge in [-0.1, -0.05) is 78.4 Å². The summed E-state index contributed by atoms with van der Waals surface area (Å²) in [7, 11) is 0. The van der Waals surface area contributed by atoms with Crippen LogP contribution in [-0.4, -0.2) is 22.3 Å². The van der Waals surface area contributed by atoms with E-state index < -0.39 is 17.7 Å². The van der Waals surface area contributed by atoms with Crippen molar-refractivity contribution in [3.05, 3.63) is 118 Å². The molecule has 1 atom stereocenters. The minimum atomic E-state index is -1.10. The molecule has 0 amide bonds. The molecular formula is C35H30O6. The predicted octanol–water partition coefficient (Wildman–Crippen LogP) is 7.48. The fourth-order valence-electron chi connectivity index (χ4n) is 5.14. The fraction of sp³-hybridized carbons (Fsp3) is 0.200. The normalized spacial score (nSPS) is 13.7. The van der Waals surface area contributed by atoms with E-state index in [9.17, 15) is 19.8 Å². The maximum atomic E-state index is 12.7. The number of carboxylic acid groups (broad SMARTS) is 1. The Kier molecular flexibility index (Phi) is 7.06. The molecule has 1 fully saturated rings. The van der Waals surface area contributed by atoms with Crippen LogP contribution in [0.15, 0.2) is 100 Å². The highest BCUT2D eigenvalue weighted by molar-refractivity contribution is 5.91. The van der Waals surface area contributed by atoms with Gasteiger partial charge in [0.05, 0.1) is 5.39 Å². The predicted molar refractivity (Wildman–Crippen MR) is 159 cm³/mol. The maximum absolute atomic E-state index is 12.7. The van der Waals surface area contributed by atoms with Gasteiger partial charge in [-0.25, -0.2) is 9.59 Å². The zero-order valence-corrected chi connectivity index (χ0v) is 22.7. The maximum Gasteiger partial charge on any atom is 0.347 e. The van der Waals surface area contributed by atoms with E-state index in [1.165, 1.54) is 24.5 Å². The molecule has 1 heterocycles. The highest BCUT2D eigenvalue weighted by atomic mass is 16.5. The highest BCUT2D eigenvalue weighted by Gasteiger charge is 2.23. The molecule has 2 N–H and O–H groups in total. The van der Waals surface area contributed by atoms with Crippen molar-refractivity contribution in [3.8, 4) is 33.8 Å². The Morgan fingerprint density at radius 1 is 0.902 bits per heavy atom. The molecule has 1 aliphatic rings. The Balaban J connectivity index is 1.15. The van der Waals surface area contributed by atoms with Crippen LogP contribution >= 0.6 is 0 Å². The van der Waals surface area contributed by atoms with E-state index in [0.717, 1.165) is 28.2 Å². The van der Waals surface area contributed by atoms with Crippen LogP contribution in [-0.2, 0) is 11.2 Å². The number of ether oxygens (including phenoxy) is 1. The summed E-state index contributed by atoms with van der Waals surface area (Å²) in [6.45, 7) is 1.93. The molecule has 5 aromatic rings. The first-order chi connectivity index (χ1) is 19.9. The summed E-state index contributed by atoms with van der Waals surface area (Å²) >= 11 is 0. The van der Waals surface area contributed by atoms with Crippen LogP contribution in [0.2, 0.25) is 0 Å². The van der Waals surface area contributed by atoms with E-state index in [0.29, 0.717) is 17.4 Å². The van der Waals surface area contributed by atoms with Crippen molar-refractivity contribution in [1.29, 1.82) is 0 Å². The van der Waals surface area contributed by atoms with Crippen molar-refractivity contribution < 1.29 is 24.2 Å². The Bertz CT molecular complexity index is 1760. The van der Waals surface area contributed by atoms with Crippen molar-refractivity contribution in [2.75, 3.05) is 0 Å². The summed E-state index contributed by atoms with van der Waals surface area (Å²) in [6.07, 6.45) is 2.23. The van der Waals surface area contributed by atoms with Crippen LogP contribution in [0, 0.1) is 6.92 Å². The minimum Gasteiger partial charge on any atom is -0.506 e. The lowest BCUT2D eigenvalue weighted by atomic mass is 9.99. The van der Waals surface area contributed by atoms with Gasteiger partial charge in [0.25, 0.3) is 0 Å². The van der Waals surface area contributed by atoms with Crippen LogP contribution in [0.1, 0.15) is 41.9 Å². The Morgan fingerprint density at radius 2 is 1.54 bits per heavy atom. The van der Waals surface area contributed by atoms with E-state index in [1.54, 1.807) is 24.3 Å². The second-order valence-corrected chi connectivity index (χ2v) is 10.7. The molecule has 4 aromatic carbocycles. The molecule has 0 bridgehead atoms. The van der Waals surface area contributed by atoms with E-state index in [1.807, 2.05) is 31.2 Å². The van der Waals surface area contributed by atoms with Crippen molar-refractivity contribution in [2.45, 2.75) is 44.6 Å². The molecule has 1 unspecified atom stereocenters. The van der Waals surface area contributed by atoms with Crippen molar-refractivity contribution in [2.24, 2.45) is 0 Å². The number of hydrogen-bond acceptors (Lipinski definition) is 5. The van der Waals surface area contributed by atoms with Crippen molar-refractivity contribution >= 4 is 16.9 Å². The quantitative estimate of drug-likeness (QED) is 0.186. The summed E-state index contributed by atoms with van der Waals surface area (Å²) in [4.78, 5) is 24.7. The minimum absolute atomic E-state index is 0.0795. The first-order valence-electron chi connectivity index (χ1n) is 13.8. The Morgan fingerprint density at radius 3 is 2.17 bits per heavy atom. The van der Waals surface area contributed by atoms with Gasteiger partial charge in [0.1, 0.15) is 22.6 Å². The van der Waals surface area contributed by atoms with Crippen LogP contribution in [0.25, 0.3) is 33.2 Å². The molecule has 1 saturated carbocycles. The Labute approximate surface area is 237 Å². The van der Waals surface area contributed by atoms with Gasteiger partial charge in [0, 0.05) is 6.07 Å². The average Bonchev–Trinajstić information content (AvgIpc) is 3.82. The van der Waals surface area contributed by atoms with E-state index in [4.69, 9.17) is 9.15 Å². The molecule has 0 spiro atoms. The molecule has 41 heavy (non-hydrogen) atoms. The van der Waals surface area contributed by atoms with E-state index >= 15 is 0 Å². The molecule has 0 aliphatic heterocycles. The van der Waals surface area contributed by atoms with Gasteiger partial charge < -0.3 is 19.4 Å². The zero-order valence-electron chi connectivity index (χ0n) is 22.7. The monoisotopic (exact) mass is 546 g/mol. The fourth-order valence-corrected chi connectivity index (χ4v) is 5.14. The highest BCUT2D eigenvalue weighted by Crippen LogP contribution is 2.40. The SMILES string of the molecule is Cc1ccc(-c2c(O)c3ccc(OC(CCc4ccc(-c5ccc(C6CC6)cc5)cc4)C(=O)O)cc3oc2=O)cc1. The number of fused-ring (bicyclic) bond motifs is 1. The second-order valence-electron chi connectivity index (χ2n) is 10.7. The lowest BCUT2D eigenvalue weighted by Gasteiger charge is -2.16. The number of hydrogen-bond donors (Lipinski definition) is 2. The molecule has 0 radical (unpaired) electrons. The average molecular weight is 547 g/mol. The van der Waals surface area contributed by atoms with Gasteiger partial charge in [-0.2, -0.15) is 0 Å². The van der Waals surface area contributed by atoms with E-state index in [2.05, 4.69) is 36.4 Å². The van der Waals surface area contributed by atoms with Gasteiger partial charge in [-0.05, 0) is 78.5 Å². The number of aliphatic carboxylic acids is 1. The summed E-state index contributed by atoms with van der Waals surface area (Å²) < 4.78 is 11.3. The topological polar surface area (TPSA) is 97.0 Å². The zero-order chi connectivity index (χ0) is 28.5. The lowest BCUT2D eigenvalue weighted by molar-refractivity contribution is -0.145. The summed E-state index contributed by atoms with van der Waals surface area (Å²) in [5, 5.41) is 21.0. The number of aryl methyl sites for hydroxylation is 2. The van der Waals surface area contributed by atoms with Gasteiger partial charge in [-0.3, -0.25) is 0 Å². The van der Waals surface area contributed by atoms with Crippen LogP contribution in [0.4, 0.5) is 0 Å². The van der Waals surface area contributed by atoms with Gasteiger partial charge in [-0.15, -0.1) is 0 Å². The summed E-state index contributed by atoms with van der Waals surface area (Å²) in [6, 6.07) is 28.7. The van der Waals surface area contributed by atoms with E-state index in [-0.39, 0.29) is 29.1 Å². The first-order valence-corrected chi connectivity index (χ1v) is 13.8. The van der Waals surface area contributed by atoms with Gasteiger partial charge >= 0.3 is 11.6 Å². The van der Waals surface area contributed by atoms with Crippen LogP contribution in [0.5, 0.6) is 11.5 Å². The molecule has 6 nitrogen and oxygen atoms in total. The standard InChI is InChI=1S/C35H30O6/c1-21-2-7-27(8-3-21)32-33(36)29-18-17-28(20-31(29)41-35(32)39)40-30(34(37)38)19-6-22-4-9-23(10-5-22)24-11-13-25(14-12-24)26-15-16-26/h2-5,7-14,17-18,20,26,30,36H,6,15-16,19H2,1H3,(H,37,38). The smallest absolute Gasteiger partial charge is 0.347 e. The molecule has 1 aromatic heterocycles. The molecule has 6 heteroatoms. The third-order valence-corrected chi connectivity index (χ3v) is 7.69. The third kappa shape index (κ3) is 5.73. The van der Waals surface area contributed by atoms with Gasteiger partial charge in [0.2, 0.25) is 0 Å². The summed E-state index contributed by atoms with van der Waals surface area (Å²) in [5.41, 5.74) is 5.78. The van der Waals surface area contributed by atoms with Crippen LogP contribution < -0.4 is 10.4 Å². The lowest BCUT2D eigenvalue weighted by Crippen LogP contribution is -2.27. The molecular weight excluding hydrogens is 516 g/mol. The third-order valence-electron chi connectivity index (χ3n) is 7.69. The Hall–Kier alpha value is -4.84. The number of benzene rings is 4. The second kappa shape index (κ2) is 11.0. The van der Waals surface area contributed by atoms with Crippen molar-refractivity contribution in [1.82, 2.24) is 0 Å². The van der Waals surface area contributed by atoms with Gasteiger partial charge in [0.15, 0.2) is 6.10 Å². The molecule has 1 aliphatic carbocycles. The number of rotatable bonds is 9. The summed E-state index contributed by atoms with van der Waals surface area (Å²) in [5.74, 6) is -0.311. The molecule has 6 rings (SSSR count).